The standard InChI is InChI=1S/C18H26N2O5S/c1-14-5-3-4-6-16(14)20(26(2,22)23)13-17(21)19-9-7-15(8-10-19)18-24-11-12-25-18/h3-6,15,18H,7-13H2,1-2H3. The molecule has 144 valence electrons. The molecule has 0 aliphatic carbocycles. The minimum atomic E-state index is -3.55. The number of benzene rings is 1. The molecule has 0 unspecified atom stereocenters. The molecule has 0 N–H and O–H groups in total. The molecule has 0 bridgehead atoms. The minimum Gasteiger partial charge on any atom is -0.350 e. The van der Waals surface area contributed by atoms with Gasteiger partial charge in [0.2, 0.25) is 15.9 Å². The molecule has 7 nitrogen and oxygen atoms in total. The van der Waals surface area contributed by atoms with Gasteiger partial charge in [-0.15, -0.1) is 0 Å². The quantitative estimate of drug-likeness (QED) is 0.769. The maximum absolute atomic E-state index is 12.7. The van der Waals surface area contributed by atoms with Crippen molar-refractivity contribution < 1.29 is 22.7 Å². The van der Waals surface area contributed by atoms with Crippen LogP contribution in [0.2, 0.25) is 0 Å². The number of ether oxygens (including phenoxy) is 2. The molecule has 0 atom stereocenters. The van der Waals surface area contributed by atoms with Crippen molar-refractivity contribution >= 4 is 21.6 Å². The molecule has 26 heavy (non-hydrogen) atoms. The summed E-state index contributed by atoms with van der Waals surface area (Å²) in [5, 5.41) is 0. The molecule has 0 saturated carbocycles. The van der Waals surface area contributed by atoms with Crippen molar-refractivity contribution in [2.75, 3.05) is 43.4 Å². The maximum atomic E-state index is 12.7. The van der Waals surface area contributed by atoms with E-state index in [9.17, 15) is 13.2 Å². The molecule has 2 heterocycles. The third kappa shape index (κ3) is 4.36. The Morgan fingerprint density at radius 3 is 2.38 bits per heavy atom. The molecule has 3 rings (SSSR count). The number of rotatable bonds is 5. The summed E-state index contributed by atoms with van der Waals surface area (Å²) in [6, 6.07) is 7.19. The van der Waals surface area contributed by atoms with Gasteiger partial charge in [-0.1, -0.05) is 18.2 Å². The maximum Gasteiger partial charge on any atom is 0.243 e. The fourth-order valence-corrected chi connectivity index (χ4v) is 4.42. The van der Waals surface area contributed by atoms with Crippen LogP contribution < -0.4 is 4.31 Å². The van der Waals surface area contributed by atoms with E-state index in [1.807, 2.05) is 19.1 Å². The highest BCUT2D eigenvalue weighted by Gasteiger charge is 2.33. The average Bonchev–Trinajstić information content (AvgIpc) is 3.14. The van der Waals surface area contributed by atoms with Crippen LogP contribution in [0.1, 0.15) is 18.4 Å². The molecule has 2 fully saturated rings. The fraction of sp³-hybridized carbons (Fsp3) is 0.611. The zero-order valence-electron chi connectivity index (χ0n) is 15.3. The zero-order chi connectivity index (χ0) is 18.7. The summed E-state index contributed by atoms with van der Waals surface area (Å²) < 4.78 is 36.8. The van der Waals surface area contributed by atoms with Crippen molar-refractivity contribution in [1.29, 1.82) is 0 Å². The highest BCUT2D eigenvalue weighted by molar-refractivity contribution is 7.92. The molecule has 0 radical (unpaired) electrons. The van der Waals surface area contributed by atoms with Gasteiger partial charge < -0.3 is 14.4 Å². The fourth-order valence-electron chi connectivity index (χ4n) is 3.52. The number of carbonyl (C=O) groups is 1. The Morgan fingerprint density at radius 1 is 1.19 bits per heavy atom. The molecule has 0 spiro atoms. The topological polar surface area (TPSA) is 76.2 Å². The van der Waals surface area contributed by atoms with Gasteiger partial charge in [-0.3, -0.25) is 9.10 Å². The number of aryl methyl sites for hydroxylation is 1. The highest BCUT2D eigenvalue weighted by Crippen LogP contribution is 2.27. The monoisotopic (exact) mass is 382 g/mol. The lowest BCUT2D eigenvalue weighted by Crippen LogP contribution is -2.47. The van der Waals surface area contributed by atoms with Crippen LogP contribution in [-0.2, 0) is 24.3 Å². The van der Waals surface area contributed by atoms with E-state index in [-0.39, 0.29) is 18.7 Å². The zero-order valence-corrected chi connectivity index (χ0v) is 16.1. The number of carbonyl (C=O) groups excluding carboxylic acids is 1. The molecule has 1 aromatic carbocycles. The van der Waals surface area contributed by atoms with Gasteiger partial charge in [0.15, 0.2) is 6.29 Å². The summed E-state index contributed by atoms with van der Waals surface area (Å²) in [7, 11) is -3.55. The van der Waals surface area contributed by atoms with E-state index in [1.54, 1.807) is 17.0 Å². The van der Waals surface area contributed by atoms with Crippen LogP contribution in [0.3, 0.4) is 0 Å². The number of hydrogen-bond acceptors (Lipinski definition) is 5. The molecule has 1 amide bonds. The number of likely N-dealkylation sites (tertiary alicyclic amines) is 1. The number of piperidine rings is 1. The van der Waals surface area contributed by atoms with Gasteiger partial charge in [0.25, 0.3) is 0 Å². The Labute approximate surface area is 154 Å². The van der Waals surface area contributed by atoms with E-state index in [0.717, 1.165) is 24.7 Å². The Balaban J connectivity index is 1.65. The molecule has 1 aromatic rings. The van der Waals surface area contributed by atoms with E-state index in [2.05, 4.69) is 0 Å². The number of para-hydroxylation sites is 1. The first-order chi connectivity index (χ1) is 12.4. The summed E-state index contributed by atoms with van der Waals surface area (Å²) >= 11 is 0. The Bertz CT molecular complexity index is 738. The van der Waals surface area contributed by atoms with Crippen molar-refractivity contribution in [3.8, 4) is 0 Å². The first-order valence-electron chi connectivity index (χ1n) is 8.90. The summed E-state index contributed by atoms with van der Waals surface area (Å²) in [6.45, 7) is 4.11. The van der Waals surface area contributed by atoms with E-state index >= 15 is 0 Å². The predicted molar refractivity (Wildman–Crippen MR) is 98.4 cm³/mol. The lowest BCUT2D eigenvalue weighted by molar-refractivity contribution is -0.135. The van der Waals surface area contributed by atoms with Crippen LogP contribution >= 0.6 is 0 Å². The first-order valence-corrected chi connectivity index (χ1v) is 10.8. The largest absolute Gasteiger partial charge is 0.350 e. The number of anilines is 1. The molecule has 2 aliphatic heterocycles. The molecule has 8 heteroatoms. The van der Waals surface area contributed by atoms with Crippen molar-refractivity contribution in [2.45, 2.75) is 26.1 Å². The van der Waals surface area contributed by atoms with E-state index in [0.29, 0.717) is 37.9 Å². The highest BCUT2D eigenvalue weighted by atomic mass is 32.2. The average molecular weight is 382 g/mol. The van der Waals surface area contributed by atoms with E-state index in [1.165, 1.54) is 4.31 Å². The smallest absolute Gasteiger partial charge is 0.243 e. The lowest BCUT2D eigenvalue weighted by Gasteiger charge is -2.35. The Morgan fingerprint density at radius 2 is 1.81 bits per heavy atom. The van der Waals surface area contributed by atoms with Crippen LogP contribution in [0.5, 0.6) is 0 Å². The van der Waals surface area contributed by atoms with Gasteiger partial charge >= 0.3 is 0 Å². The SMILES string of the molecule is Cc1ccccc1N(CC(=O)N1CCC(C2OCCO2)CC1)S(C)(=O)=O. The number of nitrogens with zero attached hydrogens (tertiary/aromatic N) is 2. The molecule has 2 saturated heterocycles. The molecular weight excluding hydrogens is 356 g/mol. The van der Waals surface area contributed by atoms with Gasteiger partial charge in [0.05, 0.1) is 25.2 Å². The molecular formula is C18H26N2O5S. The summed E-state index contributed by atoms with van der Waals surface area (Å²) in [6.07, 6.45) is 2.58. The van der Waals surface area contributed by atoms with Crippen LogP contribution in [0.15, 0.2) is 24.3 Å². The Kier molecular flexibility index (Phi) is 5.84. The second-order valence-corrected chi connectivity index (χ2v) is 8.79. The normalized spacial score (nSPS) is 19.7. The Hall–Kier alpha value is -1.64. The predicted octanol–water partition coefficient (Wildman–Crippen LogP) is 1.37. The number of hydrogen-bond donors (Lipinski definition) is 0. The minimum absolute atomic E-state index is 0.160. The summed E-state index contributed by atoms with van der Waals surface area (Å²) in [4.78, 5) is 14.5. The van der Waals surface area contributed by atoms with Crippen molar-refractivity contribution in [1.82, 2.24) is 4.90 Å². The number of amides is 1. The lowest BCUT2D eigenvalue weighted by atomic mass is 9.96. The van der Waals surface area contributed by atoms with E-state index < -0.39 is 10.0 Å². The summed E-state index contributed by atoms with van der Waals surface area (Å²) in [5.41, 5.74) is 1.37. The molecule has 0 aromatic heterocycles. The molecule has 2 aliphatic rings. The van der Waals surface area contributed by atoms with Gasteiger partial charge in [0, 0.05) is 19.0 Å². The van der Waals surface area contributed by atoms with Gasteiger partial charge in [-0.2, -0.15) is 0 Å². The van der Waals surface area contributed by atoms with Gasteiger partial charge in [-0.25, -0.2) is 8.42 Å². The third-order valence-corrected chi connectivity index (χ3v) is 6.11. The second-order valence-electron chi connectivity index (χ2n) is 6.88. The number of sulfonamides is 1. The van der Waals surface area contributed by atoms with Crippen LogP contribution in [0, 0.1) is 12.8 Å². The van der Waals surface area contributed by atoms with Crippen LogP contribution in [0.25, 0.3) is 0 Å². The van der Waals surface area contributed by atoms with E-state index in [4.69, 9.17) is 9.47 Å². The first kappa shape index (κ1) is 19.1. The van der Waals surface area contributed by atoms with Crippen LogP contribution in [-0.4, -0.2) is 64.6 Å². The summed E-state index contributed by atoms with van der Waals surface area (Å²) in [5.74, 6) is 0.120. The van der Waals surface area contributed by atoms with Crippen molar-refractivity contribution in [2.24, 2.45) is 5.92 Å². The second kappa shape index (κ2) is 7.94. The van der Waals surface area contributed by atoms with Gasteiger partial charge in [-0.05, 0) is 31.4 Å². The van der Waals surface area contributed by atoms with Crippen LogP contribution in [0.4, 0.5) is 5.69 Å². The van der Waals surface area contributed by atoms with Crippen molar-refractivity contribution in [3.63, 3.8) is 0 Å². The van der Waals surface area contributed by atoms with Gasteiger partial charge in [0.1, 0.15) is 6.54 Å². The third-order valence-electron chi connectivity index (χ3n) is 4.99. The van der Waals surface area contributed by atoms with Crippen molar-refractivity contribution in [3.05, 3.63) is 29.8 Å².